The summed E-state index contributed by atoms with van der Waals surface area (Å²) in [6, 6.07) is 5.91. The van der Waals surface area contributed by atoms with Gasteiger partial charge in [-0.1, -0.05) is 0 Å². The molecule has 3 rings (SSSR count). The van der Waals surface area contributed by atoms with E-state index in [1.165, 1.54) is 4.88 Å². The van der Waals surface area contributed by atoms with Gasteiger partial charge in [0.05, 0.1) is 24.4 Å². The molecule has 2 heterocycles. The molecule has 1 atom stereocenters. The van der Waals surface area contributed by atoms with E-state index in [1.54, 1.807) is 17.6 Å². The number of aryl methyl sites for hydroxylation is 1. The molecule has 6 heteroatoms. The van der Waals surface area contributed by atoms with E-state index in [-0.39, 0.29) is 18.5 Å². The third-order valence-electron chi connectivity index (χ3n) is 4.07. The first kappa shape index (κ1) is 15.8. The zero-order valence-electron chi connectivity index (χ0n) is 13.0. The lowest BCUT2D eigenvalue weighted by atomic mass is 9.96. The molecule has 0 saturated carbocycles. The maximum atomic E-state index is 12.2. The van der Waals surface area contributed by atoms with Crippen LogP contribution < -0.4 is 10.6 Å². The van der Waals surface area contributed by atoms with E-state index >= 15 is 0 Å². The van der Waals surface area contributed by atoms with Crippen molar-refractivity contribution in [3.05, 3.63) is 40.2 Å². The van der Waals surface area contributed by atoms with Gasteiger partial charge in [-0.05, 0) is 50.3 Å². The Morgan fingerprint density at radius 3 is 3.04 bits per heavy atom. The van der Waals surface area contributed by atoms with Gasteiger partial charge in [0.1, 0.15) is 16.8 Å². The van der Waals surface area contributed by atoms with Crippen LogP contribution in [0.2, 0.25) is 0 Å². The number of thiophene rings is 1. The molecular weight excluding hydrogens is 310 g/mol. The molecule has 0 radical (unpaired) electrons. The number of nitriles is 1. The van der Waals surface area contributed by atoms with Crippen molar-refractivity contribution in [2.45, 2.75) is 38.6 Å². The standard InChI is InChI=1S/C17H19N3O2S/c1-11(14-6-4-8-22-14)19-10-16(21)20-17-13(9-18)12-5-2-3-7-15(12)23-17/h4,6,8,11,19H,2-3,5,7,10H2,1H3,(H,20,21)/t11-/m1/s1. The maximum Gasteiger partial charge on any atom is 0.238 e. The van der Waals surface area contributed by atoms with Crippen LogP contribution in [-0.4, -0.2) is 12.5 Å². The minimum Gasteiger partial charge on any atom is -0.468 e. The SMILES string of the molecule is C[C@@H](NCC(=O)Nc1sc2c(c1C#N)CCCC2)c1ccco1. The van der Waals surface area contributed by atoms with Crippen LogP contribution in [0.25, 0.3) is 0 Å². The van der Waals surface area contributed by atoms with Crippen molar-refractivity contribution in [1.29, 1.82) is 5.26 Å². The molecule has 0 unspecified atom stereocenters. The molecule has 2 aromatic heterocycles. The summed E-state index contributed by atoms with van der Waals surface area (Å²) in [5, 5.41) is 16.1. The molecular formula is C17H19N3O2S. The average molecular weight is 329 g/mol. The number of hydrogen-bond donors (Lipinski definition) is 2. The third kappa shape index (κ3) is 3.46. The van der Waals surface area contributed by atoms with Crippen molar-refractivity contribution in [3.63, 3.8) is 0 Å². The van der Waals surface area contributed by atoms with E-state index in [1.807, 2.05) is 19.1 Å². The fourth-order valence-corrected chi connectivity index (χ4v) is 4.08. The molecule has 1 aliphatic rings. The highest BCUT2D eigenvalue weighted by atomic mass is 32.1. The summed E-state index contributed by atoms with van der Waals surface area (Å²) in [6.45, 7) is 2.12. The van der Waals surface area contributed by atoms with E-state index in [0.717, 1.165) is 37.0 Å². The van der Waals surface area contributed by atoms with Crippen molar-refractivity contribution in [3.8, 4) is 6.07 Å². The van der Waals surface area contributed by atoms with E-state index in [4.69, 9.17) is 4.42 Å². The van der Waals surface area contributed by atoms with Crippen molar-refractivity contribution in [1.82, 2.24) is 5.32 Å². The lowest BCUT2D eigenvalue weighted by Gasteiger charge is -2.11. The summed E-state index contributed by atoms with van der Waals surface area (Å²) in [7, 11) is 0. The smallest absolute Gasteiger partial charge is 0.238 e. The van der Waals surface area contributed by atoms with Gasteiger partial charge >= 0.3 is 0 Å². The molecule has 0 spiro atoms. The summed E-state index contributed by atoms with van der Waals surface area (Å²) in [5.74, 6) is 0.653. The highest BCUT2D eigenvalue weighted by molar-refractivity contribution is 7.16. The Balaban J connectivity index is 1.62. The third-order valence-corrected chi connectivity index (χ3v) is 5.28. The summed E-state index contributed by atoms with van der Waals surface area (Å²) >= 11 is 1.55. The first-order valence-electron chi connectivity index (χ1n) is 7.80. The molecule has 1 amide bonds. The fraction of sp³-hybridized carbons (Fsp3) is 0.412. The minimum absolute atomic E-state index is 0.0391. The molecule has 5 nitrogen and oxygen atoms in total. The Hall–Kier alpha value is -2.10. The molecule has 2 N–H and O–H groups in total. The number of nitrogens with one attached hydrogen (secondary N) is 2. The van der Waals surface area contributed by atoms with Crippen LogP contribution in [-0.2, 0) is 17.6 Å². The van der Waals surface area contributed by atoms with Crippen molar-refractivity contribution < 1.29 is 9.21 Å². The Kier molecular flexibility index (Phi) is 4.79. The molecule has 23 heavy (non-hydrogen) atoms. The summed E-state index contributed by atoms with van der Waals surface area (Å²) < 4.78 is 5.30. The fourth-order valence-electron chi connectivity index (χ4n) is 2.83. The van der Waals surface area contributed by atoms with E-state index in [2.05, 4.69) is 16.7 Å². The summed E-state index contributed by atoms with van der Waals surface area (Å²) in [4.78, 5) is 13.4. The Morgan fingerprint density at radius 2 is 2.30 bits per heavy atom. The molecule has 120 valence electrons. The maximum absolute atomic E-state index is 12.2. The molecule has 1 aliphatic carbocycles. The highest BCUT2D eigenvalue weighted by Gasteiger charge is 2.21. The van der Waals surface area contributed by atoms with E-state index in [9.17, 15) is 10.1 Å². The first-order valence-corrected chi connectivity index (χ1v) is 8.62. The second-order valence-electron chi connectivity index (χ2n) is 5.69. The van der Waals surface area contributed by atoms with E-state index < -0.39 is 0 Å². The van der Waals surface area contributed by atoms with Crippen molar-refractivity contribution in [2.75, 3.05) is 11.9 Å². The number of carbonyl (C=O) groups excluding carboxylic acids is 1. The van der Waals surface area contributed by atoms with Gasteiger partial charge in [-0.3, -0.25) is 10.1 Å². The zero-order valence-corrected chi connectivity index (χ0v) is 13.8. The number of hydrogen-bond acceptors (Lipinski definition) is 5. The lowest BCUT2D eigenvalue weighted by molar-refractivity contribution is -0.115. The second kappa shape index (κ2) is 6.99. The van der Waals surface area contributed by atoms with Gasteiger partial charge < -0.3 is 9.73 Å². The van der Waals surface area contributed by atoms with Gasteiger partial charge in [-0.15, -0.1) is 11.3 Å². The monoisotopic (exact) mass is 329 g/mol. The van der Waals surface area contributed by atoms with Gasteiger partial charge in [0.15, 0.2) is 0 Å². The first-order chi connectivity index (χ1) is 11.2. The number of nitrogens with zero attached hydrogens (tertiary/aromatic N) is 1. The Bertz CT molecular complexity index is 728. The van der Waals surface area contributed by atoms with Crippen LogP contribution in [0.15, 0.2) is 22.8 Å². The zero-order chi connectivity index (χ0) is 16.2. The molecule has 0 bridgehead atoms. The number of fused-ring (bicyclic) bond motifs is 1. The number of carbonyl (C=O) groups is 1. The number of furan rings is 1. The number of rotatable bonds is 5. The molecule has 0 fully saturated rings. The summed E-state index contributed by atoms with van der Waals surface area (Å²) in [5.41, 5.74) is 1.79. The van der Waals surface area contributed by atoms with Crippen LogP contribution >= 0.6 is 11.3 Å². The molecule has 2 aromatic rings. The predicted molar refractivity (Wildman–Crippen MR) is 89.4 cm³/mol. The van der Waals surface area contributed by atoms with Crippen molar-refractivity contribution >= 4 is 22.2 Å². The molecule has 0 aromatic carbocycles. The van der Waals surface area contributed by atoms with Crippen LogP contribution in [0.3, 0.4) is 0 Å². The number of amides is 1. The van der Waals surface area contributed by atoms with Gasteiger partial charge in [-0.25, -0.2) is 0 Å². The lowest BCUT2D eigenvalue weighted by Crippen LogP contribution is -2.29. The van der Waals surface area contributed by atoms with Crippen LogP contribution in [0.5, 0.6) is 0 Å². The van der Waals surface area contributed by atoms with Crippen LogP contribution in [0.4, 0.5) is 5.00 Å². The van der Waals surface area contributed by atoms with Crippen LogP contribution in [0.1, 0.15) is 47.6 Å². The normalized spacial score (nSPS) is 14.8. The largest absolute Gasteiger partial charge is 0.468 e. The number of anilines is 1. The highest BCUT2D eigenvalue weighted by Crippen LogP contribution is 2.37. The van der Waals surface area contributed by atoms with Crippen molar-refractivity contribution in [2.24, 2.45) is 0 Å². The predicted octanol–water partition coefficient (Wildman–Crippen LogP) is 3.38. The Labute approximate surface area is 139 Å². The average Bonchev–Trinajstić information content (AvgIpc) is 3.19. The Morgan fingerprint density at radius 1 is 1.48 bits per heavy atom. The summed E-state index contributed by atoms with van der Waals surface area (Å²) in [6.07, 6.45) is 5.85. The van der Waals surface area contributed by atoms with Gasteiger partial charge in [0, 0.05) is 4.88 Å². The van der Waals surface area contributed by atoms with Gasteiger partial charge in [0.2, 0.25) is 5.91 Å². The quantitative estimate of drug-likeness (QED) is 0.881. The topological polar surface area (TPSA) is 78.1 Å². The van der Waals surface area contributed by atoms with Crippen LogP contribution in [0, 0.1) is 11.3 Å². The molecule has 0 saturated heterocycles. The van der Waals surface area contributed by atoms with Gasteiger partial charge in [-0.2, -0.15) is 5.26 Å². The minimum atomic E-state index is -0.140. The van der Waals surface area contributed by atoms with Gasteiger partial charge in [0.25, 0.3) is 0 Å². The van der Waals surface area contributed by atoms with E-state index in [0.29, 0.717) is 10.6 Å². The second-order valence-corrected chi connectivity index (χ2v) is 6.80. The molecule has 0 aliphatic heterocycles.